The van der Waals surface area contributed by atoms with Crippen LogP contribution in [0.15, 0.2) is 12.3 Å². The number of aryl methyl sites for hydroxylation is 2. The van der Waals surface area contributed by atoms with Gasteiger partial charge in [-0.1, -0.05) is 18.5 Å². The van der Waals surface area contributed by atoms with Gasteiger partial charge in [-0.2, -0.15) is 10.2 Å². The van der Waals surface area contributed by atoms with Crippen molar-refractivity contribution in [3.63, 3.8) is 0 Å². The molecule has 2 aromatic rings. The van der Waals surface area contributed by atoms with E-state index in [2.05, 4.69) is 42.4 Å². The third kappa shape index (κ3) is 2.74. The molecule has 20 heavy (non-hydrogen) atoms. The van der Waals surface area contributed by atoms with Crippen molar-refractivity contribution >= 4 is 11.6 Å². The molecule has 2 rings (SSSR count). The summed E-state index contributed by atoms with van der Waals surface area (Å²) in [6.45, 7) is 9.12. The molecule has 0 amide bonds. The second-order valence-corrected chi connectivity index (χ2v) is 5.65. The smallest absolute Gasteiger partial charge is 0.0934 e. The molecule has 0 radical (unpaired) electrons. The van der Waals surface area contributed by atoms with E-state index in [1.54, 1.807) is 6.20 Å². The fourth-order valence-corrected chi connectivity index (χ4v) is 2.72. The molecule has 0 saturated heterocycles. The Balaban J connectivity index is 2.54. The van der Waals surface area contributed by atoms with Gasteiger partial charge in [-0.25, -0.2) is 0 Å². The summed E-state index contributed by atoms with van der Waals surface area (Å²) in [6.07, 6.45) is 1.71. The molecule has 0 aromatic carbocycles. The van der Waals surface area contributed by atoms with E-state index in [1.807, 2.05) is 23.3 Å². The minimum absolute atomic E-state index is 0.0106. The molecule has 2 heterocycles. The maximum atomic E-state index is 6.38. The van der Waals surface area contributed by atoms with Crippen LogP contribution in [0.3, 0.4) is 0 Å². The molecule has 0 bridgehead atoms. The molecule has 0 aliphatic rings. The molecule has 0 saturated carbocycles. The van der Waals surface area contributed by atoms with Gasteiger partial charge in [0.15, 0.2) is 0 Å². The first-order chi connectivity index (χ1) is 9.45. The van der Waals surface area contributed by atoms with Gasteiger partial charge in [-0.15, -0.1) is 0 Å². The summed E-state index contributed by atoms with van der Waals surface area (Å²) < 4.78 is 3.87. The van der Waals surface area contributed by atoms with Crippen molar-refractivity contribution in [2.24, 2.45) is 7.05 Å². The van der Waals surface area contributed by atoms with Crippen molar-refractivity contribution in [1.82, 2.24) is 24.9 Å². The molecule has 1 unspecified atom stereocenters. The molecule has 0 aliphatic heterocycles. The van der Waals surface area contributed by atoms with Gasteiger partial charge in [0.1, 0.15) is 0 Å². The maximum absolute atomic E-state index is 6.38. The highest BCUT2D eigenvalue weighted by Gasteiger charge is 2.25. The van der Waals surface area contributed by atoms with E-state index in [0.29, 0.717) is 5.02 Å². The molecule has 0 spiro atoms. The van der Waals surface area contributed by atoms with Gasteiger partial charge in [0.2, 0.25) is 0 Å². The van der Waals surface area contributed by atoms with Crippen LogP contribution in [0.2, 0.25) is 5.02 Å². The van der Waals surface area contributed by atoms with Gasteiger partial charge in [0.05, 0.1) is 34.3 Å². The van der Waals surface area contributed by atoms with Crippen LogP contribution in [-0.4, -0.2) is 26.1 Å². The van der Waals surface area contributed by atoms with E-state index in [9.17, 15) is 0 Å². The van der Waals surface area contributed by atoms with Crippen LogP contribution in [0, 0.1) is 6.92 Å². The molecule has 2 aromatic heterocycles. The normalized spacial score (nSPS) is 13.2. The predicted molar refractivity (Wildman–Crippen MR) is 81.1 cm³/mol. The number of hydrogen-bond donors (Lipinski definition) is 1. The average molecular weight is 296 g/mol. The number of aromatic nitrogens is 4. The summed E-state index contributed by atoms with van der Waals surface area (Å²) in [4.78, 5) is 0. The van der Waals surface area contributed by atoms with Crippen molar-refractivity contribution in [2.75, 3.05) is 6.54 Å². The lowest BCUT2D eigenvalue weighted by molar-refractivity contribution is 0.465. The SMILES string of the molecule is CCNC(c1cc(C)nn1C)c1c(Cl)cnn1C(C)C. The molecule has 5 nitrogen and oxygen atoms in total. The third-order valence-corrected chi connectivity index (χ3v) is 3.58. The second kappa shape index (κ2) is 5.97. The third-order valence-electron chi connectivity index (χ3n) is 3.29. The van der Waals surface area contributed by atoms with Gasteiger partial charge < -0.3 is 5.32 Å². The first-order valence-corrected chi connectivity index (χ1v) is 7.30. The number of halogens is 1. The Morgan fingerprint density at radius 3 is 2.60 bits per heavy atom. The van der Waals surface area contributed by atoms with Crippen LogP contribution >= 0.6 is 11.6 Å². The summed E-state index contributed by atoms with van der Waals surface area (Å²) in [7, 11) is 1.96. The molecule has 110 valence electrons. The molecule has 0 aliphatic carbocycles. The Hall–Kier alpha value is -1.33. The summed E-state index contributed by atoms with van der Waals surface area (Å²) in [6, 6.07) is 2.33. The lowest BCUT2D eigenvalue weighted by Crippen LogP contribution is -2.27. The van der Waals surface area contributed by atoms with Gasteiger partial charge in [0, 0.05) is 13.1 Å². The van der Waals surface area contributed by atoms with Gasteiger partial charge >= 0.3 is 0 Å². The summed E-state index contributed by atoms with van der Waals surface area (Å²) in [5.41, 5.74) is 3.08. The Morgan fingerprint density at radius 1 is 1.40 bits per heavy atom. The number of nitrogens with zero attached hydrogens (tertiary/aromatic N) is 4. The molecular formula is C14H22ClN5. The predicted octanol–water partition coefficient (Wildman–Crippen LogP) is 2.86. The highest BCUT2D eigenvalue weighted by molar-refractivity contribution is 6.31. The fourth-order valence-electron chi connectivity index (χ4n) is 2.48. The zero-order valence-corrected chi connectivity index (χ0v) is 13.4. The largest absolute Gasteiger partial charge is 0.304 e. The van der Waals surface area contributed by atoms with Gasteiger partial charge in [-0.05, 0) is 33.4 Å². The van der Waals surface area contributed by atoms with Crippen molar-refractivity contribution in [3.8, 4) is 0 Å². The monoisotopic (exact) mass is 295 g/mol. The lowest BCUT2D eigenvalue weighted by Gasteiger charge is -2.22. The highest BCUT2D eigenvalue weighted by Crippen LogP contribution is 2.30. The summed E-state index contributed by atoms with van der Waals surface area (Å²) in [5.74, 6) is 0. The summed E-state index contributed by atoms with van der Waals surface area (Å²) >= 11 is 6.38. The minimum Gasteiger partial charge on any atom is -0.304 e. The van der Waals surface area contributed by atoms with Crippen molar-refractivity contribution in [1.29, 1.82) is 0 Å². The molecule has 1 N–H and O–H groups in total. The zero-order valence-electron chi connectivity index (χ0n) is 12.7. The van der Waals surface area contributed by atoms with Crippen LogP contribution in [0.25, 0.3) is 0 Å². The topological polar surface area (TPSA) is 47.7 Å². The Labute approximate surface area is 124 Å². The van der Waals surface area contributed by atoms with E-state index in [4.69, 9.17) is 11.6 Å². The van der Waals surface area contributed by atoms with Crippen molar-refractivity contribution in [2.45, 2.75) is 39.8 Å². The Morgan fingerprint density at radius 2 is 2.10 bits per heavy atom. The molecular weight excluding hydrogens is 274 g/mol. The highest BCUT2D eigenvalue weighted by atomic mass is 35.5. The quantitative estimate of drug-likeness (QED) is 0.923. The standard InChI is InChI=1S/C14H22ClN5/c1-6-16-13(12-7-10(4)18-19(12)5)14-11(15)8-17-20(14)9(2)3/h7-9,13,16H,6H2,1-5H3. The first-order valence-electron chi connectivity index (χ1n) is 6.92. The van der Waals surface area contributed by atoms with E-state index in [1.165, 1.54) is 0 Å². The van der Waals surface area contributed by atoms with E-state index >= 15 is 0 Å². The first kappa shape index (κ1) is 15.1. The molecule has 0 fully saturated rings. The molecule has 6 heteroatoms. The van der Waals surface area contributed by atoms with Crippen molar-refractivity contribution < 1.29 is 0 Å². The van der Waals surface area contributed by atoms with Crippen LogP contribution in [0.4, 0.5) is 0 Å². The Bertz CT molecular complexity index is 584. The van der Waals surface area contributed by atoms with E-state index in [-0.39, 0.29) is 12.1 Å². The van der Waals surface area contributed by atoms with Crippen LogP contribution < -0.4 is 5.32 Å². The maximum Gasteiger partial charge on any atom is 0.0934 e. The average Bonchev–Trinajstić information content (AvgIpc) is 2.90. The van der Waals surface area contributed by atoms with Crippen LogP contribution in [0.1, 0.15) is 49.9 Å². The van der Waals surface area contributed by atoms with Crippen LogP contribution in [0.5, 0.6) is 0 Å². The minimum atomic E-state index is -0.0106. The molecule has 1 atom stereocenters. The van der Waals surface area contributed by atoms with E-state index in [0.717, 1.165) is 23.6 Å². The van der Waals surface area contributed by atoms with Gasteiger partial charge in [0.25, 0.3) is 0 Å². The number of nitrogens with one attached hydrogen (secondary N) is 1. The second-order valence-electron chi connectivity index (χ2n) is 5.24. The number of rotatable bonds is 5. The Kier molecular flexibility index (Phi) is 4.50. The van der Waals surface area contributed by atoms with Crippen LogP contribution in [-0.2, 0) is 7.05 Å². The lowest BCUT2D eigenvalue weighted by atomic mass is 10.1. The fraction of sp³-hybridized carbons (Fsp3) is 0.571. The van der Waals surface area contributed by atoms with Gasteiger partial charge in [-0.3, -0.25) is 9.36 Å². The van der Waals surface area contributed by atoms with E-state index < -0.39 is 0 Å². The number of hydrogen-bond acceptors (Lipinski definition) is 3. The summed E-state index contributed by atoms with van der Waals surface area (Å²) in [5, 5.41) is 13.0. The zero-order chi connectivity index (χ0) is 14.9. The van der Waals surface area contributed by atoms with Crippen molar-refractivity contribution in [3.05, 3.63) is 34.4 Å².